The molecule has 0 saturated heterocycles. The van der Waals surface area contributed by atoms with Crippen molar-refractivity contribution in [2.75, 3.05) is 10.9 Å². The van der Waals surface area contributed by atoms with E-state index >= 15 is 0 Å². The molecule has 3 aromatic carbocycles. The van der Waals surface area contributed by atoms with E-state index in [1.54, 1.807) is 30.3 Å². The minimum atomic E-state index is -4.12. The second-order valence-electron chi connectivity index (χ2n) is 8.73. The van der Waals surface area contributed by atoms with Gasteiger partial charge in [0.15, 0.2) is 6.61 Å². The van der Waals surface area contributed by atoms with Crippen molar-refractivity contribution in [2.24, 2.45) is 0 Å². The highest BCUT2D eigenvalue weighted by Gasteiger charge is 2.31. The number of amides is 1. The van der Waals surface area contributed by atoms with Crippen LogP contribution in [0.15, 0.2) is 77.7 Å². The van der Waals surface area contributed by atoms with Crippen molar-refractivity contribution in [3.8, 4) is 5.75 Å². The smallest absolute Gasteiger partial charge is 0.278 e. The van der Waals surface area contributed by atoms with Crippen molar-refractivity contribution in [2.45, 2.75) is 57.8 Å². The molecular formula is C28H33NO4S. The first-order valence-electron chi connectivity index (χ1n) is 11.7. The zero-order valence-corrected chi connectivity index (χ0v) is 21.1. The Bertz CT molecular complexity index is 1200. The van der Waals surface area contributed by atoms with E-state index in [9.17, 15) is 13.2 Å². The lowest BCUT2D eigenvalue weighted by molar-refractivity contribution is -0.119. The Morgan fingerprint density at radius 2 is 1.65 bits per heavy atom. The Kier molecular flexibility index (Phi) is 8.51. The molecule has 0 aliphatic rings. The van der Waals surface area contributed by atoms with E-state index in [4.69, 9.17) is 4.74 Å². The second-order valence-corrected chi connectivity index (χ2v) is 10.5. The third-order valence-corrected chi connectivity index (χ3v) is 7.40. The van der Waals surface area contributed by atoms with Gasteiger partial charge in [0.1, 0.15) is 5.75 Å². The molecule has 0 aliphatic heterocycles. The van der Waals surface area contributed by atoms with Gasteiger partial charge in [-0.1, -0.05) is 69.7 Å². The number of nitrogens with zero attached hydrogens (tertiary/aromatic N) is 1. The highest BCUT2D eigenvalue weighted by atomic mass is 32.2. The normalized spacial score (nSPS) is 11.4. The first-order valence-corrected chi connectivity index (χ1v) is 13.1. The predicted molar refractivity (Wildman–Crippen MR) is 137 cm³/mol. The monoisotopic (exact) mass is 479 g/mol. The van der Waals surface area contributed by atoms with Crippen molar-refractivity contribution in [1.29, 1.82) is 0 Å². The molecule has 0 aromatic heterocycles. The van der Waals surface area contributed by atoms with E-state index in [1.807, 2.05) is 51.1 Å². The molecular weight excluding hydrogens is 446 g/mol. The average molecular weight is 480 g/mol. The second kappa shape index (κ2) is 11.3. The molecule has 0 fully saturated rings. The molecule has 0 atom stereocenters. The fraction of sp³-hybridized carbons (Fsp3) is 0.321. The summed E-state index contributed by atoms with van der Waals surface area (Å²) in [5, 5.41) is 0. The molecule has 0 saturated carbocycles. The van der Waals surface area contributed by atoms with Crippen molar-refractivity contribution in [3.63, 3.8) is 0 Å². The van der Waals surface area contributed by atoms with Crippen LogP contribution in [0, 0.1) is 6.92 Å². The number of sulfonamides is 1. The highest BCUT2D eigenvalue weighted by Crippen LogP contribution is 2.29. The summed E-state index contributed by atoms with van der Waals surface area (Å²) >= 11 is 0. The van der Waals surface area contributed by atoms with Crippen LogP contribution in [0.1, 0.15) is 56.2 Å². The van der Waals surface area contributed by atoms with Crippen molar-refractivity contribution < 1.29 is 17.9 Å². The molecule has 0 heterocycles. The fourth-order valence-corrected chi connectivity index (χ4v) is 5.17. The number of anilines is 1. The molecule has 180 valence electrons. The fourth-order valence-electron chi connectivity index (χ4n) is 3.74. The number of hydrogen-bond donors (Lipinski definition) is 0. The Balaban J connectivity index is 1.94. The first-order chi connectivity index (χ1) is 16.2. The van der Waals surface area contributed by atoms with Crippen LogP contribution in [0.5, 0.6) is 5.75 Å². The number of benzene rings is 3. The Labute approximate surface area is 203 Å². The summed E-state index contributed by atoms with van der Waals surface area (Å²) in [6.07, 6.45) is 3.03. The van der Waals surface area contributed by atoms with Crippen LogP contribution in [-0.4, -0.2) is 20.9 Å². The quantitative estimate of drug-likeness (QED) is 0.344. The lowest BCUT2D eigenvalue weighted by atomic mass is 10.0. The number of hydrogen-bond acceptors (Lipinski definition) is 4. The van der Waals surface area contributed by atoms with Crippen LogP contribution in [0.3, 0.4) is 0 Å². The van der Waals surface area contributed by atoms with E-state index in [0.717, 1.165) is 40.3 Å². The van der Waals surface area contributed by atoms with Gasteiger partial charge in [0.2, 0.25) is 0 Å². The summed E-state index contributed by atoms with van der Waals surface area (Å²) in [5.74, 6) is 0.141. The third-order valence-electron chi connectivity index (χ3n) is 5.64. The third kappa shape index (κ3) is 6.06. The molecule has 6 heteroatoms. The van der Waals surface area contributed by atoms with Crippen molar-refractivity contribution in [1.82, 2.24) is 0 Å². The molecule has 0 N–H and O–H groups in total. The topological polar surface area (TPSA) is 63.7 Å². The number of carbonyl (C=O) groups is 1. The summed E-state index contributed by atoms with van der Waals surface area (Å²) in [4.78, 5) is 13.4. The van der Waals surface area contributed by atoms with Gasteiger partial charge >= 0.3 is 0 Å². The van der Waals surface area contributed by atoms with E-state index in [-0.39, 0.29) is 10.8 Å². The first kappa shape index (κ1) is 25.5. The van der Waals surface area contributed by atoms with Gasteiger partial charge in [-0.25, -0.2) is 8.42 Å². The van der Waals surface area contributed by atoms with Gasteiger partial charge in [0.25, 0.3) is 15.9 Å². The number of rotatable bonds is 10. The van der Waals surface area contributed by atoms with Gasteiger partial charge in [0.05, 0.1) is 10.6 Å². The van der Waals surface area contributed by atoms with E-state index < -0.39 is 22.5 Å². The molecule has 0 radical (unpaired) electrons. The maximum absolute atomic E-state index is 13.5. The largest absolute Gasteiger partial charge is 0.483 e. The van der Waals surface area contributed by atoms with Crippen LogP contribution in [-0.2, 0) is 21.2 Å². The Morgan fingerprint density at radius 1 is 0.971 bits per heavy atom. The van der Waals surface area contributed by atoms with Gasteiger partial charge in [0, 0.05) is 0 Å². The van der Waals surface area contributed by atoms with Crippen LogP contribution < -0.4 is 9.04 Å². The number of carbonyl (C=O) groups excluding carboxylic acids is 1. The lowest BCUT2D eigenvalue weighted by Gasteiger charge is -2.23. The van der Waals surface area contributed by atoms with Crippen LogP contribution >= 0.6 is 0 Å². The van der Waals surface area contributed by atoms with Crippen molar-refractivity contribution in [3.05, 3.63) is 89.5 Å². The predicted octanol–water partition coefficient (Wildman–Crippen LogP) is 6.26. The minimum Gasteiger partial charge on any atom is -0.483 e. The zero-order chi connectivity index (χ0) is 24.7. The van der Waals surface area contributed by atoms with E-state index in [2.05, 4.69) is 6.92 Å². The van der Waals surface area contributed by atoms with Crippen LogP contribution in [0.25, 0.3) is 0 Å². The summed E-state index contributed by atoms with van der Waals surface area (Å²) in [5.41, 5.74) is 3.37. The molecule has 1 amide bonds. The standard InChI is InChI=1S/C28H33NO4S/c1-5-6-10-23-14-16-24(17-15-23)29(34(31,32)25-11-8-7-9-12-25)28(30)20-33-27-19-22(4)13-18-26(27)21(2)3/h7-9,11-19,21H,5-6,10,20H2,1-4H3. The number of ether oxygens (including phenoxy) is 1. The summed E-state index contributed by atoms with van der Waals surface area (Å²) in [7, 11) is -4.12. The van der Waals surface area contributed by atoms with Gasteiger partial charge in [-0.3, -0.25) is 4.79 Å². The number of aryl methyl sites for hydroxylation is 2. The molecule has 0 bridgehead atoms. The molecule has 5 nitrogen and oxygen atoms in total. The maximum atomic E-state index is 13.5. The zero-order valence-electron chi connectivity index (χ0n) is 20.3. The van der Waals surface area contributed by atoms with Crippen LogP contribution in [0.4, 0.5) is 5.69 Å². The van der Waals surface area contributed by atoms with Gasteiger partial charge in [-0.15, -0.1) is 0 Å². The van der Waals surface area contributed by atoms with E-state index in [0.29, 0.717) is 11.4 Å². The highest BCUT2D eigenvalue weighted by molar-refractivity contribution is 7.93. The Morgan fingerprint density at radius 3 is 2.26 bits per heavy atom. The number of unbranched alkanes of at least 4 members (excludes halogenated alkanes) is 1. The molecule has 0 unspecified atom stereocenters. The minimum absolute atomic E-state index is 0.0526. The molecule has 0 aliphatic carbocycles. The van der Waals surface area contributed by atoms with E-state index in [1.165, 1.54) is 12.1 Å². The summed E-state index contributed by atoms with van der Waals surface area (Å²) in [6.45, 7) is 7.77. The lowest BCUT2D eigenvalue weighted by Crippen LogP contribution is -2.40. The molecule has 3 aromatic rings. The average Bonchev–Trinajstić information content (AvgIpc) is 2.82. The molecule has 0 spiro atoms. The molecule has 3 rings (SSSR count). The van der Waals surface area contributed by atoms with Gasteiger partial charge in [-0.05, 0) is 72.7 Å². The SMILES string of the molecule is CCCCc1ccc(N(C(=O)COc2cc(C)ccc2C(C)C)S(=O)(=O)c2ccccc2)cc1. The summed E-state index contributed by atoms with van der Waals surface area (Å²) in [6, 6.07) is 21.0. The van der Waals surface area contributed by atoms with Crippen molar-refractivity contribution >= 4 is 21.6 Å². The summed E-state index contributed by atoms with van der Waals surface area (Å²) < 4.78 is 33.8. The van der Waals surface area contributed by atoms with Crippen LogP contribution in [0.2, 0.25) is 0 Å². The van der Waals surface area contributed by atoms with Gasteiger partial charge in [-0.2, -0.15) is 4.31 Å². The molecule has 34 heavy (non-hydrogen) atoms. The maximum Gasteiger partial charge on any atom is 0.278 e. The van der Waals surface area contributed by atoms with Gasteiger partial charge < -0.3 is 4.74 Å². The Hall–Kier alpha value is -3.12.